The minimum absolute atomic E-state index is 0.126. The molecule has 0 aliphatic heterocycles. The molecule has 5 nitrogen and oxygen atoms in total. The number of hydrogen-bond donors (Lipinski definition) is 1. The van der Waals surface area contributed by atoms with Gasteiger partial charge in [0, 0.05) is 18.0 Å². The van der Waals surface area contributed by atoms with E-state index in [0.717, 1.165) is 16.7 Å². The first-order valence-corrected chi connectivity index (χ1v) is 6.63. The van der Waals surface area contributed by atoms with E-state index >= 15 is 0 Å². The summed E-state index contributed by atoms with van der Waals surface area (Å²) < 4.78 is 4.65. The molecule has 0 spiro atoms. The molecule has 0 aliphatic rings. The van der Waals surface area contributed by atoms with Gasteiger partial charge in [0.2, 0.25) is 0 Å². The van der Waals surface area contributed by atoms with Crippen LogP contribution in [0.3, 0.4) is 0 Å². The molecular weight excluding hydrogens is 282 g/mol. The number of carbonyl (C=O) groups is 2. The number of ether oxygens (including phenoxy) is 1. The SMILES string of the molecule is COC(=O)CC=C(c1ccc(C(=O)O)cc1)c1cccnc1. The van der Waals surface area contributed by atoms with Crippen molar-refractivity contribution in [3.8, 4) is 0 Å². The largest absolute Gasteiger partial charge is 0.478 e. The van der Waals surface area contributed by atoms with Crippen LogP contribution in [0.5, 0.6) is 0 Å². The van der Waals surface area contributed by atoms with Crippen LogP contribution < -0.4 is 0 Å². The summed E-state index contributed by atoms with van der Waals surface area (Å²) >= 11 is 0. The van der Waals surface area contributed by atoms with Crippen molar-refractivity contribution in [1.82, 2.24) is 4.98 Å². The van der Waals surface area contributed by atoms with Crippen molar-refractivity contribution in [3.63, 3.8) is 0 Å². The van der Waals surface area contributed by atoms with E-state index in [1.54, 1.807) is 36.7 Å². The van der Waals surface area contributed by atoms with E-state index in [0.29, 0.717) is 0 Å². The average Bonchev–Trinajstić information content (AvgIpc) is 2.56. The molecule has 22 heavy (non-hydrogen) atoms. The Morgan fingerprint density at radius 3 is 2.36 bits per heavy atom. The summed E-state index contributed by atoms with van der Waals surface area (Å²) in [6.07, 6.45) is 5.23. The first-order chi connectivity index (χ1) is 10.6. The van der Waals surface area contributed by atoms with Gasteiger partial charge in [0.25, 0.3) is 0 Å². The van der Waals surface area contributed by atoms with E-state index in [2.05, 4.69) is 9.72 Å². The van der Waals surface area contributed by atoms with Gasteiger partial charge in [-0.05, 0) is 29.3 Å². The Balaban J connectivity index is 2.40. The second-order valence-electron chi connectivity index (χ2n) is 4.52. The lowest BCUT2D eigenvalue weighted by Crippen LogP contribution is -1.99. The molecule has 2 rings (SSSR count). The number of rotatable bonds is 5. The zero-order chi connectivity index (χ0) is 15.9. The lowest BCUT2D eigenvalue weighted by molar-refractivity contribution is -0.139. The third-order valence-corrected chi connectivity index (χ3v) is 3.12. The van der Waals surface area contributed by atoms with Crippen LogP contribution in [0.25, 0.3) is 5.57 Å². The van der Waals surface area contributed by atoms with Crippen LogP contribution in [0.15, 0.2) is 54.9 Å². The van der Waals surface area contributed by atoms with Crippen LogP contribution in [0.2, 0.25) is 0 Å². The zero-order valence-corrected chi connectivity index (χ0v) is 12.0. The van der Waals surface area contributed by atoms with Gasteiger partial charge in [-0.2, -0.15) is 0 Å². The Morgan fingerprint density at radius 1 is 1.14 bits per heavy atom. The number of aromatic nitrogens is 1. The highest BCUT2D eigenvalue weighted by atomic mass is 16.5. The third-order valence-electron chi connectivity index (χ3n) is 3.12. The lowest BCUT2D eigenvalue weighted by atomic mass is 9.97. The highest BCUT2D eigenvalue weighted by Gasteiger charge is 2.09. The molecule has 0 saturated heterocycles. The van der Waals surface area contributed by atoms with Crippen molar-refractivity contribution in [2.24, 2.45) is 0 Å². The maximum Gasteiger partial charge on any atom is 0.335 e. The van der Waals surface area contributed by atoms with Crippen molar-refractivity contribution >= 4 is 17.5 Å². The van der Waals surface area contributed by atoms with Crippen LogP contribution in [0.1, 0.15) is 27.9 Å². The zero-order valence-electron chi connectivity index (χ0n) is 12.0. The van der Waals surface area contributed by atoms with Gasteiger partial charge >= 0.3 is 11.9 Å². The van der Waals surface area contributed by atoms with Crippen LogP contribution in [-0.4, -0.2) is 29.1 Å². The number of pyridine rings is 1. The Labute approximate surface area is 127 Å². The van der Waals surface area contributed by atoms with Gasteiger partial charge in [0.05, 0.1) is 19.1 Å². The van der Waals surface area contributed by atoms with Gasteiger partial charge in [-0.25, -0.2) is 4.79 Å². The van der Waals surface area contributed by atoms with Gasteiger partial charge in [0.15, 0.2) is 0 Å². The summed E-state index contributed by atoms with van der Waals surface area (Å²) in [4.78, 5) is 26.4. The predicted molar refractivity (Wildman–Crippen MR) is 81.4 cm³/mol. The molecule has 0 amide bonds. The molecule has 0 fully saturated rings. The first-order valence-electron chi connectivity index (χ1n) is 6.63. The Morgan fingerprint density at radius 2 is 1.82 bits per heavy atom. The number of hydrogen-bond acceptors (Lipinski definition) is 4. The molecule has 0 bridgehead atoms. The fourth-order valence-electron chi connectivity index (χ4n) is 1.99. The number of benzene rings is 1. The van der Waals surface area contributed by atoms with Crippen LogP contribution in [0.4, 0.5) is 0 Å². The molecule has 1 N–H and O–H groups in total. The molecular formula is C17H15NO4. The maximum absolute atomic E-state index is 11.4. The van der Waals surface area contributed by atoms with E-state index in [1.807, 2.05) is 6.07 Å². The van der Waals surface area contributed by atoms with Gasteiger partial charge in [-0.1, -0.05) is 24.3 Å². The molecule has 0 aliphatic carbocycles. The first kappa shape index (κ1) is 15.4. The summed E-state index contributed by atoms with van der Waals surface area (Å²) in [6, 6.07) is 10.1. The Kier molecular flexibility index (Phi) is 5.03. The highest BCUT2D eigenvalue weighted by Crippen LogP contribution is 2.24. The van der Waals surface area contributed by atoms with E-state index in [9.17, 15) is 9.59 Å². The standard InChI is InChI=1S/C17H15NO4/c1-22-16(19)9-8-15(14-3-2-10-18-11-14)12-4-6-13(7-5-12)17(20)21/h2-8,10-11H,9H2,1H3,(H,20,21). The molecule has 2 aromatic rings. The molecule has 1 heterocycles. The minimum atomic E-state index is -0.979. The summed E-state index contributed by atoms with van der Waals surface area (Å²) in [5, 5.41) is 8.95. The van der Waals surface area contributed by atoms with E-state index in [4.69, 9.17) is 5.11 Å². The van der Waals surface area contributed by atoms with Crippen LogP contribution in [-0.2, 0) is 9.53 Å². The molecule has 112 valence electrons. The second kappa shape index (κ2) is 7.17. The Bertz CT molecular complexity index is 690. The van der Waals surface area contributed by atoms with Crippen molar-refractivity contribution in [2.75, 3.05) is 7.11 Å². The number of nitrogens with zero attached hydrogens (tertiary/aromatic N) is 1. The van der Waals surface area contributed by atoms with Crippen LogP contribution >= 0.6 is 0 Å². The fourth-order valence-corrected chi connectivity index (χ4v) is 1.99. The van der Waals surface area contributed by atoms with Crippen molar-refractivity contribution in [1.29, 1.82) is 0 Å². The van der Waals surface area contributed by atoms with Crippen molar-refractivity contribution < 1.29 is 19.4 Å². The van der Waals surface area contributed by atoms with Crippen LogP contribution in [0, 0.1) is 0 Å². The average molecular weight is 297 g/mol. The number of carbonyl (C=O) groups excluding carboxylic acids is 1. The summed E-state index contributed by atoms with van der Waals surface area (Å²) in [6.45, 7) is 0. The number of carboxylic acid groups (broad SMARTS) is 1. The monoisotopic (exact) mass is 297 g/mol. The molecule has 0 atom stereocenters. The normalized spacial score (nSPS) is 11.0. The molecule has 1 aromatic heterocycles. The Hall–Kier alpha value is -2.95. The predicted octanol–water partition coefficient (Wildman–Crippen LogP) is 2.77. The van der Waals surface area contributed by atoms with Gasteiger partial charge < -0.3 is 9.84 Å². The fraction of sp³-hybridized carbons (Fsp3) is 0.118. The maximum atomic E-state index is 11.4. The number of aromatic carboxylic acids is 1. The summed E-state index contributed by atoms with van der Waals surface area (Å²) in [7, 11) is 1.33. The van der Waals surface area contributed by atoms with Gasteiger partial charge in [0.1, 0.15) is 0 Å². The van der Waals surface area contributed by atoms with E-state index in [-0.39, 0.29) is 18.0 Å². The van der Waals surface area contributed by atoms with Gasteiger partial charge in [-0.3, -0.25) is 9.78 Å². The molecule has 0 unspecified atom stereocenters. The topological polar surface area (TPSA) is 76.5 Å². The highest BCUT2D eigenvalue weighted by molar-refractivity contribution is 5.89. The molecule has 0 radical (unpaired) electrons. The lowest BCUT2D eigenvalue weighted by Gasteiger charge is -2.08. The summed E-state index contributed by atoms with van der Waals surface area (Å²) in [5.41, 5.74) is 2.66. The molecule has 5 heteroatoms. The van der Waals surface area contributed by atoms with Crippen molar-refractivity contribution in [2.45, 2.75) is 6.42 Å². The quantitative estimate of drug-likeness (QED) is 0.859. The second-order valence-corrected chi connectivity index (χ2v) is 4.52. The number of carboxylic acids is 1. The summed E-state index contributed by atoms with van der Waals surface area (Å²) in [5.74, 6) is -1.32. The molecule has 0 saturated carbocycles. The number of methoxy groups -OCH3 is 1. The van der Waals surface area contributed by atoms with Gasteiger partial charge in [-0.15, -0.1) is 0 Å². The minimum Gasteiger partial charge on any atom is -0.478 e. The van der Waals surface area contributed by atoms with Crippen molar-refractivity contribution in [3.05, 3.63) is 71.6 Å². The molecule has 1 aromatic carbocycles. The third kappa shape index (κ3) is 3.79. The van der Waals surface area contributed by atoms with E-state index < -0.39 is 5.97 Å². The van der Waals surface area contributed by atoms with E-state index in [1.165, 1.54) is 19.2 Å². The number of esters is 1. The smallest absolute Gasteiger partial charge is 0.335 e.